The van der Waals surface area contributed by atoms with Crippen LogP contribution in [0, 0.1) is 0 Å². The quantitative estimate of drug-likeness (QED) is 0.538. The Morgan fingerprint density at radius 2 is 1.95 bits per heavy atom. The smallest absolute Gasteiger partial charge is 0.243 e. The molecule has 1 saturated carbocycles. The van der Waals surface area contributed by atoms with Gasteiger partial charge in [-0.3, -0.25) is 9.59 Å². The Balaban J connectivity index is 2.20. The van der Waals surface area contributed by atoms with Crippen molar-refractivity contribution in [1.82, 2.24) is 10.6 Å². The molecule has 4 N–H and O–H groups in total. The number of nitrogens with one attached hydrogen (secondary N) is 2. The second kappa shape index (κ2) is 8.12. The Kier molecular flexibility index (Phi) is 6.80. The summed E-state index contributed by atoms with van der Waals surface area (Å²) in [6, 6.07) is 0. The van der Waals surface area contributed by atoms with E-state index in [2.05, 4.69) is 10.6 Å². The van der Waals surface area contributed by atoms with Crippen LogP contribution in [0.5, 0.6) is 0 Å². The highest BCUT2D eigenvalue weighted by atomic mass is 16.5. The number of ether oxygens (including phenoxy) is 1. The fourth-order valence-corrected chi connectivity index (χ4v) is 2.55. The summed E-state index contributed by atoms with van der Waals surface area (Å²) in [6.07, 6.45) is 6.21. The van der Waals surface area contributed by atoms with E-state index in [0.717, 1.165) is 12.8 Å². The van der Waals surface area contributed by atoms with Gasteiger partial charge in [0, 0.05) is 18.5 Å². The Labute approximate surface area is 114 Å². The predicted molar refractivity (Wildman–Crippen MR) is 72.5 cm³/mol. The highest BCUT2D eigenvalue weighted by molar-refractivity contribution is 5.77. The normalized spacial score (nSPS) is 17.9. The Morgan fingerprint density at radius 1 is 1.26 bits per heavy atom. The van der Waals surface area contributed by atoms with Gasteiger partial charge in [0.2, 0.25) is 11.8 Å². The van der Waals surface area contributed by atoms with E-state index in [1.165, 1.54) is 19.3 Å². The van der Waals surface area contributed by atoms with Crippen LogP contribution in [-0.4, -0.2) is 44.2 Å². The van der Waals surface area contributed by atoms with E-state index in [4.69, 9.17) is 10.5 Å². The lowest BCUT2D eigenvalue weighted by atomic mass is 9.79. The fourth-order valence-electron chi connectivity index (χ4n) is 2.55. The van der Waals surface area contributed by atoms with Gasteiger partial charge in [-0.05, 0) is 19.9 Å². The number of primary amides is 1. The van der Waals surface area contributed by atoms with Crippen LogP contribution >= 0.6 is 0 Å². The van der Waals surface area contributed by atoms with Crippen molar-refractivity contribution in [2.24, 2.45) is 5.73 Å². The molecule has 1 aliphatic carbocycles. The molecule has 1 rings (SSSR count). The van der Waals surface area contributed by atoms with E-state index in [1.807, 2.05) is 7.05 Å². The third-order valence-electron chi connectivity index (χ3n) is 3.65. The summed E-state index contributed by atoms with van der Waals surface area (Å²) in [5.41, 5.74) is 4.89. The molecule has 1 fully saturated rings. The first-order chi connectivity index (χ1) is 9.08. The van der Waals surface area contributed by atoms with Crippen molar-refractivity contribution < 1.29 is 14.3 Å². The highest BCUT2D eigenvalue weighted by Gasteiger charge is 2.32. The van der Waals surface area contributed by atoms with Crippen molar-refractivity contribution >= 4 is 11.8 Å². The topological polar surface area (TPSA) is 93.4 Å². The molecular weight excluding hydrogens is 246 g/mol. The van der Waals surface area contributed by atoms with E-state index < -0.39 is 5.91 Å². The summed E-state index contributed by atoms with van der Waals surface area (Å²) < 4.78 is 4.98. The van der Waals surface area contributed by atoms with Crippen LogP contribution in [0.2, 0.25) is 0 Å². The maximum Gasteiger partial charge on any atom is 0.243 e. The van der Waals surface area contributed by atoms with E-state index in [0.29, 0.717) is 19.6 Å². The number of hydrogen-bond donors (Lipinski definition) is 3. The first kappa shape index (κ1) is 15.9. The molecule has 0 aromatic carbocycles. The number of hydrogen-bond acceptors (Lipinski definition) is 4. The van der Waals surface area contributed by atoms with Gasteiger partial charge in [0.25, 0.3) is 0 Å². The molecule has 0 spiro atoms. The number of amides is 2. The van der Waals surface area contributed by atoms with Crippen LogP contribution in [0.1, 0.15) is 38.5 Å². The van der Waals surface area contributed by atoms with Crippen LogP contribution in [-0.2, 0) is 14.3 Å². The van der Waals surface area contributed by atoms with Crippen molar-refractivity contribution in [1.29, 1.82) is 0 Å². The number of rotatable bonds is 8. The number of nitrogens with two attached hydrogens (primary N) is 1. The van der Waals surface area contributed by atoms with Crippen molar-refractivity contribution in [3.8, 4) is 0 Å². The molecule has 0 aliphatic heterocycles. The molecule has 0 aromatic rings. The Bertz CT molecular complexity index is 302. The van der Waals surface area contributed by atoms with E-state index in [-0.39, 0.29) is 18.1 Å². The number of carbonyl (C=O) groups excluding carboxylic acids is 2. The lowest BCUT2D eigenvalue weighted by Crippen LogP contribution is -2.48. The summed E-state index contributed by atoms with van der Waals surface area (Å²) in [6.45, 7) is 0.615. The van der Waals surface area contributed by atoms with Crippen molar-refractivity contribution in [3.63, 3.8) is 0 Å². The molecule has 110 valence electrons. The third kappa shape index (κ3) is 6.02. The van der Waals surface area contributed by atoms with Gasteiger partial charge in [-0.15, -0.1) is 0 Å². The molecule has 0 saturated heterocycles. The summed E-state index contributed by atoms with van der Waals surface area (Å²) in [4.78, 5) is 22.3. The van der Waals surface area contributed by atoms with Gasteiger partial charge >= 0.3 is 0 Å². The monoisotopic (exact) mass is 271 g/mol. The van der Waals surface area contributed by atoms with E-state index >= 15 is 0 Å². The molecular formula is C13H25N3O3. The van der Waals surface area contributed by atoms with Gasteiger partial charge in [-0.1, -0.05) is 19.3 Å². The molecule has 0 bridgehead atoms. The van der Waals surface area contributed by atoms with E-state index in [9.17, 15) is 9.59 Å². The van der Waals surface area contributed by atoms with Gasteiger partial charge in [0.1, 0.15) is 6.61 Å². The maximum absolute atomic E-state index is 11.9. The summed E-state index contributed by atoms with van der Waals surface area (Å²) in [5.74, 6) is -0.471. The molecule has 6 heteroatoms. The minimum Gasteiger partial charge on any atom is -0.370 e. The molecule has 2 amide bonds. The van der Waals surface area contributed by atoms with Crippen LogP contribution in [0.25, 0.3) is 0 Å². The molecule has 0 radical (unpaired) electrons. The minimum atomic E-state index is -0.498. The summed E-state index contributed by atoms with van der Waals surface area (Å²) in [5, 5.41) is 6.12. The van der Waals surface area contributed by atoms with Gasteiger partial charge in [0.05, 0.1) is 6.61 Å². The van der Waals surface area contributed by atoms with Crippen LogP contribution < -0.4 is 16.4 Å². The SMILES string of the molecule is CNC1(CC(=O)NCCOCC(N)=O)CCCCC1. The molecule has 0 aromatic heterocycles. The van der Waals surface area contributed by atoms with Crippen molar-refractivity contribution in [2.45, 2.75) is 44.1 Å². The van der Waals surface area contributed by atoms with Gasteiger partial charge < -0.3 is 21.1 Å². The Hall–Kier alpha value is -1.14. The maximum atomic E-state index is 11.9. The number of carbonyl (C=O) groups is 2. The van der Waals surface area contributed by atoms with Gasteiger partial charge in [0.15, 0.2) is 0 Å². The second-order valence-electron chi connectivity index (χ2n) is 5.14. The molecule has 6 nitrogen and oxygen atoms in total. The van der Waals surface area contributed by atoms with Gasteiger partial charge in [-0.2, -0.15) is 0 Å². The molecule has 19 heavy (non-hydrogen) atoms. The van der Waals surface area contributed by atoms with Crippen LogP contribution in [0.3, 0.4) is 0 Å². The first-order valence-electron chi connectivity index (χ1n) is 6.90. The average Bonchev–Trinajstić information content (AvgIpc) is 2.39. The standard InChI is InChI=1S/C13H25N3O3/c1-15-13(5-3-2-4-6-13)9-12(18)16-7-8-19-10-11(14)17/h15H,2-10H2,1H3,(H2,14,17)(H,16,18). The predicted octanol–water partition coefficient (Wildman–Crippen LogP) is -0.0831. The summed E-state index contributed by atoms with van der Waals surface area (Å²) >= 11 is 0. The minimum absolute atomic E-state index is 0.0268. The zero-order valence-electron chi connectivity index (χ0n) is 11.7. The second-order valence-corrected chi connectivity index (χ2v) is 5.14. The lowest BCUT2D eigenvalue weighted by Gasteiger charge is -2.36. The molecule has 0 heterocycles. The van der Waals surface area contributed by atoms with Crippen LogP contribution in [0.4, 0.5) is 0 Å². The first-order valence-corrected chi connectivity index (χ1v) is 6.90. The van der Waals surface area contributed by atoms with Crippen molar-refractivity contribution in [2.75, 3.05) is 26.8 Å². The van der Waals surface area contributed by atoms with E-state index in [1.54, 1.807) is 0 Å². The highest BCUT2D eigenvalue weighted by Crippen LogP contribution is 2.30. The largest absolute Gasteiger partial charge is 0.370 e. The third-order valence-corrected chi connectivity index (χ3v) is 3.65. The van der Waals surface area contributed by atoms with Crippen molar-refractivity contribution in [3.05, 3.63) is 0 Å². The Morgan fingerprint density at radius 3 is 2.53 bits per heavy atom. The summed E-state index contributed by atoms with van der Waals surface area (Å²) in [7, 11) is 1.93. The fraction of sp³-hybridized carbons (Fsp3) is 0.846. The zero-order chi connectivity index (χ0) is 14.1. The van der Waals surface area contributed by atoms with Gasteiger partial charge in [-0.25, -0.2) is 0 Å². The average molecular weight is 271 g/mol. The molecule has 0 atom stereocenters. The van der Waals surface area contributed by atoms with Crippen LogP contribution in [0.15, 0.2) is 0 Å². The zero-order valence-corrected chi connectivity index (χ0v) is 11.7. The molecule has 0 unspecified atom stereocenters. The molecule has 1 aliphatic rings. The lowest BCUT2D eigenvalue weighted by molar-refractivity contribution is -0.123.